The van der Waals surface area contributed by atoms with E-state index in [1.165, 1.54) is 6.33 Å². The molecule has 0 atom stereocenters. The van der Waals surface area contributed by atoms with Gasteiger partial charge in [0.15, 0.2) is 11.3 Å². The summed E-state index contributed by atoms with van der Waals surface area (Å²) in [6.45, 7) is 0. The lowest BCUT2D eigenvalue weighted by Gasteiger charge is -2.06. The van der Waals surface area contributed by atoms with Gasteiger partial charge in [0.2, 0.25) is 0 Å². The zero-order valence-electron chi connectivity index (χ0n) is 17.2. The van der Waals surface area contributed by atoms with Gasteiger partial charge in [-0.25, -0.2) is 19.9 Å². The smallest absolute Gasteiger partial charge is 0.166 e. The molecule has 0 amide bonds. The van der Waals surface area contributed by atoms with Gasteiger partial charge in [-0.2, -0.15) is 0 Å². The predicted octanol–water partition coefficient (Wildman–Crippen LogP) is 3.93. The number of nitrogens with zero attached hydrogens (tertiary/aromatic N) is 7. The van der Waals surface area contributed by atoms with Gasteiger partial charge >= 0.3 is 0 Å². The zero-order chi connectivity index (χ0) is 21.7. The molecule has 4 heterocycles. The molecule has 0 aliphatic rings. The largest absolute Gasteiger partial charge is 0.385 e. The summed E-state index contributed by atoms with van der Waals surface area (Å²) >= 11 is 0. The van der Waals surface area contributed by atoms with E-state index < -0.39 is 0 Å². The monoisotopic (exact) mass is 418 g/mol. The van der Waals surface area contributed by atoms with Gasteiger partial charge in [-0.05, 0) is 24.3 Å². The molecule has 0 saturated carbocycles. The van der Waals surface area contributed by atoms with Crippen LogP contribution in [0, 0.1) is 0 Å². The van der Waals surface area contributed by atoms with E-state index in [4.69, 9.17) is 15.7 Å². The molecule has 6 aromatic rings. The van der Waals surface area contributed by atoms with Crippen molar-refractivity contribution >= 4 is 56.2 Å². The highest BCUT2D eigenvalue weighted by molar-refractivity contribution is 6.12. The first-order valence-electron chi connectivity index (χ1n) is 10.1. The first kappa shape index (κ1) is 18.2. The Morgan fingerprint density at radius 3 is 2.34 bits per heavy atom. The Morgan fingerprint density at radius 2 is 1.59 bits per heavy atom. The number of benzene rings is 2. The molecule has 8 heteroatoms. The van der Waals surface area contributed by atoms with Gasteiger partial charge in [0.05, 0.1) is 11.0 Å². The number of aromatic nitrogens is 6. The Bertz CT molecular complexity index is 1690. The minimum Gasteiger partial charge on any atom is -0.385 e. The van der Waals surface area contributed by atoms with E-state index in [1.807, 2.05) is 63.7 Å². The first-order valence-corrected chi connectivity index (χ1v) is 10.1. The fourth-order valence-corrected chi connectivity index (χ4v) is 4.19. The third-order valence-corrected chi connectivity index (χ3v) is 5.53. The fraction of sp³-hybridized carbons (Fsp3) is 0.0417. The van der Waals surface area contributed by atoms with Crippen LogP contribution in [-0.4, -0.2) is 42.3 Å². The number of fused-ring (bicyclic) bond motifs is 6. The highest BCUT2D eigenvalue weighted by atomic mass is 15.2. The lowest BCUT2D eigenvalue weighted by molar-refractivity contribution is 1.02. The fourth-order valence-electron chi connectivity index (χ4n) is 4.19. The summed E-state index contributed by atoms with van der Waals surface area (Å²) in [7, 11) is 1.71. The van der Waals surface area contributed by atoms with Crippen LogP contribution in [0.5, 0.6) is 0 Å². The average Bonchev–Trinajstić information content (AvgIpc) is 3.34. The standard InChI is InChI=1S/C24H18N8/c1-26-12-10-19(25)31-17-8-4-2-6-15(17)21-23(31)29-22-16-7-3-5-9-18(16)32(24(22)30-21)20-11-13-27-14-28-20/h2-14H,25H2,1H3/b19-10+,26-12?. The maximum Gasteiger partial charge on any atom is 0.166 e. The van der Waals surface area contributed by atoms with Gasteiger partial charge in [-0.15, -0.1) is 0 Å². The van der Waals surface area contributed by atoms with Gasteiger partial charge in [0, 0.05) is 30.2 Å². The summed E-state index contributed by atoms with van der Waals surface area (Å²) in [6.07, 6.45) is 6.70. The Kier molecular flexibility index (Phi) is 3.97. The lowest BCUT2D eigenvalue weighted by Crippen LogP contribution is -2.07. The van der Waals surface area contributed by atoms with Crippen molar-refractivity contribution in [2.75, 3.05) is 7.05 Å². The highest BCUT2D eigenvalue weighted by Gasteiger charge is 2.20. The SMILES string of the molecule is CN=C/C=C(\N)n1c2ccccc2c2nc3c(nc21)c1ccccc1n3-c1ccncn1. The number of allylic oxidation sites excluding steroid dienone is 1. The van der Waals surface area contributed by atoms with Crippen LogP contribution < -0.4 is 5.73 Å². The molecule has 6 rings (SSSR count). The van der Waals surface area contributed by atoms with Crippen molar-refractivity contribution in [3.8, 4) is 5.82 Å². The second-order valence-corrected chi connectivity index (χ2v) is 7.34. The van der Waals surface area contributed by atoms with E-state index in [-0.39, 0.29) is 0 Å². The Labute approximate surface area is 182 Å². The number of nitrogens with two attached hydrogens (primary N) is 1. The third-order valence-electron chi connectivity index (χ3n) is 5.53. The van der Waals surface area contributed by atoms with E-state index in [1.54, 1.807) is 25.5 Å². The first-order chi connectivity index (χ1) is 15.8. The van der Waals surface area contributed by atoms with E-state index in [9.17, 15) is 0 Å². The summed E-state index contributed by atoms with van der Waals surface area (Å²) < 4.78 is 3.95. The van der Waals surface area contributed by atoms with E-state index in [0.717, 1.165) is 44.3 Å². The third kappa shape index (κ3) is 2.53. The molecule has 154 valence electrons. The predicted molar refractivity (Wildman–Crippen MR) is 128 cm³/mol. The Hall–Kier alpha value is -4.59. The van der Waals surface area contributed by atoms with Gasteiger partial charge in [0.1, 0.15) is 29.0 Å². The molecule has 4 aromatic heterocycles. The lowest BCUT2D eigenvalue weighted by atomic mass is 10.2. The summed E-state index contributed by atoms with van der Waals surface area (Å²) in [5.74, 6) is 1.26. The average molecular weight is 418 g/mol. The van der Waals surface area contributed by atoms with Gasteiger partial charge < -0.3 is 5.73 Å². The quantitative estimate of drug-likeness (QED) is 0.439. The molecular formula is C24H18N8. The van der Waals surface area contributed by atoms with Crippen molar-refractivity contribution in [1.29, 1.82) is 0 Å². The maximum atomic E-state index is 6.45. The summed E-state index contributed by atoms with van der Waals surface area (Å²) in [5.41, 5.74) is 11.4. The summed E-state index contributed by atoms with van der Waals surface area (Å²) in [6, 6.07) is 18.0. The number of hydrogen-bond acceptors (Lipinski definition) is 6. The number of aliphatic imine (C=N–C) groups is 1. The molecule has 0 unspecified atom stereocenters. The number of para-hydroxylation sites is 2. The van der Waals surface area contributed by atoms with Crippen molar-refractivity contribution in [3.63, 3.8) is 0 Å². The van der Waals surface area contributed by atoms with Crippen LogP contribution in [0.4, 0.5) is 0 Å². The highest BCUT2D eigenvalue weighted by Crippen LogP contribution is 2.34. The normalized spacial score (nSPS) is 12.7. The summed E-state index contributed by atoms with van der Waals surface area (Å²) in [4.78, 5) is 22.7. The Balaban J connectivity index is 1.82. The number of rotatable bonds is 3. The zero-order valence-corrected chi connectivity index (χ0v) is 17.2. The van der Waals surface area contributed by atoms with Crippen molar-refractivity contribution in [2.24, 2.45) is 10.7 Å². The van der Waals surface area contributed by atoms with Crippen molar-refractivity contribution < 1.29 is 0 Å². The van der Waals surface area contributed by atoms with Crippen molar-refractivity contribution in [2.45, 2.75) is 0 Å². The minimum atomic E-state index is 0.523. The van der Waals surface area contributed by atoms with Crippen LogP contribution in [0.25, 0.3) is 55.8 Å². The van der Waals surface area contributed by atoms with Crippen molar-refractivity contribution in [3.05, 3.63) is 73.2 Å². The van der Waals surface area contributed by atoms with Gasteiger partial charge in [-0.1, -0.05) is 36.4 Å². The molecule has 2 N–H and O–H groups in total. The van der Waals surface area contributed by atoms with Crippen LogP contribution >= 0.6 is 0 Å². The van der Waals surface area contributed by atoms with Crippen LogP contribution in [0.1, 0.15) is 0 Å². The van der Waals surface area contributed by atoms with Crippen LogP contribution in [0.15, 0.2) is 78.2 Å². The molecule has 0 radical (unpaired) electrons. The second kappa shape index (κ2) is 6.98. The van der Waals surface area contributed by atoms with Gasteiger partial charge in [0.25, 0.3) is 0 Å². The molecule has 32 heavy (non-hydrogen) atoms. The molecule has 0 bridgehead atoms. The number of hydrogen-bond donors (Lipinski definition) is 1. The molecule has 0 fully saturated rings. The molecule has 0 spiro atoms. The second-order valence-electron chi connectivity index (χ2n) is 7.34. The maximum absolute atomic E-state index is 6.45. The van der Waals surface area contributed by atoms with Crippen LogP contribution in [0.2, 0.25) is 0 Å². The topological polar surface area (TPSA) is 99.8 Å². The van der Waals surface area contributed by atoms with E-state index in [2.05, 4.69) is 15.0 Å². The molecule has 0 saturated heterocycles. The van der Waals surface area contributed by atoms with Crippen LogP contribution in [-0.2, 0) is 0 Å². The van der Waals surface area contributed by atoms with E-state index in [0.29, 0.717) is 11.5 Å². The van der Waals surface area contributed by atoms with Crippen molar-refractivity contribution in [1.82, 2.24) is 29.1 Å². The molecule has 8 nitrogen and oxygen atoms in total. The molecule has 0 aliphatic heterocycles. The van der Waals surface area contributed by atoms with E-state index >= 15 is 0 Å². The van der Waals surface area contributed by atoms with Gasteiger partial charge in [-0.3, -0.25) is 14.1 Å². The Morgan fingerprint density at radius 1 is 0.906 bits per heavy atom. The minimum absolute atomic E-state index is 0.523. The molecular weight excluding hydrogens is 400 g/mol. The van der Waals surface area contributed by atoms with Crippen LogP contribution in [0.3, 0.4) is 0 Å². The molecule has 2 aromatic carbocycles. The summed E-state index contributed by atoms with van der Waals surface area (Å²) in [5, 5.41) is 1.96. The molecule has 0 aliphatic carbocycles.